The number of fused-ring (bicyclic) bond motifs is 6. The van der Waals surface area contributed by atoms with Crippen LogP contribution >= 0.6 is 0 Å². The molecule has 0 unspecified atom stereocenters. The lowest BCUT2D eigenvalue weighted by Crippen LogP contribution is -2.07. The van der Waals surface area contributed by atoms with Crippen molar-refractivity contribution in [2.24, 2.45) is 0 Å². The molecule has 2 aliphatic rings. The fourth-order valence-corrected chi connectivity index (χ4v) is 7.26. The number of benzene rings is 5. The fourth-order valence-electron chi connectivity index (χ4n) is 5.59. The molecule has 0 fully saturated rings. The van der Waals surface area contributed by atoms with E-state index < -0.39 is 9.84 Å². The average Bonchev–Trinajstić information content (AvgIpc) is 3.08. The van der Waals surface area contributed by atoms with Crippen LogP contribution in [0.2, 0.25) is 0 Å². The largest absolute Gasteiger partial charge is 0.218 e. The Morgan fingerprint density at radius 1 is 0.559 bits per heavy atom. The van der Waals surface area contributed by atoms with Crippen molar-refractivity contribution < 1.29 is 8.42 Å². The molecule has 164 valence electrons. The Morgan fingerprint density at radius 2 is 1.24 bits per heavy atom. The van der Waals surface area contributed by atoms with Gasteiger partial charge in [-0.2, -0.15) is 0 Å². The summed E-state index contributed by atoms with van der Waals surface area (Å²) in [5.74, 6) is 0. The molecule has 0 atom stereocenters. The molecule has 0 N–H and O–H groups in total. The third-order valence-corrected chi connectivity index (χ3v) is 9.22. The van der Waals surface area contributed by atoms with Gasteiger partial charge in [0, 0.05) is 11.1 Å². The van der Waals surface area contributed by atoms with Crippen LogP contribution in [0.5, 0.6) is 0 Å². The fraction of sp³-hybridized carbons (Fsp3) is 0.0968. The predicted molar refractivity (Wildman–Crippen MR) is 137 cm³/mol. The Bertz CT molecular complexity index is 1780. The summed E-state index contributed by atoms with van der Waals surface area (Å²) in [7, 11) is -3.43. The van der Waals surface area contributed by atoms with Crippen molar-refractivity contribution in [3.8, 4) is 22.3 Å². The summed E-state index contributed by atoms with van der Waals surface area (Å²) >= 11 is 0. The third-order valence-electron chi connectivity index (χ3n) is 7.35. The SMILES string of the molecule is Cc1ccc2cc3c(cc2c1)Cc1ccc(-c2ccc4c(c2)-c2ccccc2S4(=O)=O)cc1C3. The highest BCUT2D eigenvalue weighted by molar-refractivity contribution is 7.92. The van der Waals surface area contributed by atoms with Crippen molar-refractivity contribution in [1.82, 2.24) is 0 Å². The van der Waals surface area contributed by atoms with E-state index in [1.807, 2.05) is 24.3 Å². The lowest BCUT2D eigenvalue weighted by atomic mass is 9.83. The minimum absolute atomic E-state index is 0.409. The van der Waals surface area contributed by atoms with Gasteiger partial charge in [-0.15, -0.1) is 0 Å². The minimum Gasteiger partial charge on any atom is -0.218 e. The van der Waals surface area contributed by atoms with Gasteiger partial charge < -0.3 is 0 Å². The summed E-state index contributed by atoms with van der Waals surface area (Å²) in [5.41, 5.74) is 10.6. The monoisotopic (exact) mass is 458 g/mol. The maximum atomic E-state index is 12.9. The molecule has 5 aromatic carbocycles. The molecule has 5 aromatic rings. The number of hydrogen-bond acceptors (Lipinski definition) is 2. The van der Waals surface area contributed by atoms with E-state index in [4.69, 9.17) is 0 Å². The van der Waals surface area contributed by atoms with Gasteiger partial charge in [-0.1, -0.05) is 78.4 Å². The number of hydrogen-bond donors (Lipinski definition) is 0. The summed E-state index contributed by atoms with van der Waals surface area (Å²) in [5, 5.41) is 2.61. The highest BCUT2D eigenvalue weighted by atomic mass is 32.2. The van der Waals surface area contributed by atoms with Crippen LogP contribution in [-0.4, -0.2) is 8.42 Å². The van der Waals surface area contributed by atoms with Gasteiger partial charge in [0.15, 0.2) is 0 Å². The Kier molecular flexibility index (Phi) is 4.01. The summed E-state index contributed by atoms with van der Waals surface area (Å²) in [6.07, 6.45) is 1.87. The number of aryl methyl sites for hydroxylation is 1. The molecule has 0 spiro atoms. The maximum absolute atomic E-state index is 12.9. The molecule has 3 heteroatoms. The molecule has 0 amide bonds. The maximum Gasteiger partial charge on any atom is 0.207 e. The Labute approximate surface area is 199 Å². The molecule has 2 nitrogen and oxygen atoms in total. The van der Waals surface area contributed by atoms with Crippen LogP contribution < -0.4 is 0 Å². The van der Waals surface area contributed by atoms with Gasteiger partial charge in [-0.3, -0.25) is 0 Å². The molecule has 0 bridgehead atoms. The minimum atomic E-state index is -3.43. The Balaban J connectivity index is 1.30. The smallest absolute Gasteiger partial charge is 0.207 e. The molecule has 1 aliphatic heterocycles. The van der Waals surface area contributed by atoms with Crippen LogP contribution in [0.15, 0.2) is 101 Å². The second-order valence-corrected chi connectivity index (χ2v) is 11.4. The molecule has 34 heavy (non-hydrogen) atoms. The van der Waals surface area contributed by atoms with Crippen LogP contribution in [0.3, 0.4) is 0 Å². The zero-order valence-electron chi connectivity index (χ0n) is 18.8. The first-order valence-electron chi connectivity index (χ1n) is 11.6. The van der Waals surface area contributed by atoms with Crippen molar-refractivity contribution >= 4 is 20.6 Å². The molecule has 1 heterocycles. The van der Waals surface area contributed by atoms with E-state index in [-0.39, 0.29) is 0 Å². The summed E-state index contributed by atoms with van der Waals surface area (Å²) in [6, 6.07) is 31.1. The summed E-state index contributed by atoms with van der Waals surface area (Å²) < 4.78 is 25.9. The zero-order valence-corrected chi connectivity index (χ0v) is 19.6. The van der Waals surface area contributed by atoms with E-state index >= 15 is 0 Å². The second kappa shape index (κ2) is 6.91. The van der Waals surface area contributed by atoms with Gasteiger partial charge in [0.05, 0.1) is 9.79 Å². The first kappa shape index (κ1) is 19.7. The van der Waals surface area contributed by atoms with Crippen molar-refractivity contribution in [2.45, 2.75) is 29.6 Å². The molecular formula is C31H22O2S. The third kappa shape index (κ3) is 2.83. The molecule has 0 radical (unpaired) electrons. The number of rotatable bonds is 1. The van der Waals surface area contributed by atoms with Crippen LogP contribution in [0.4, 0.5) is 0 Å². The van der Waals surface area contributed by atoms with E-state index in [0.717, 1.165) is 35.1 Å². The highest BCUT2D eigenvalue weighted by Crippen LogP contribution is 2.44. The van der Waals surface area contributed by atoms with Gasteiger partial charge in [0.2, 0.25) is 9.84 Å². The molecule has 0 saturated carbocycles. The van der Waals surface area contributed by atoms with Gasteiger partial charge in [0.1, 0.15) is 0 Å². The van der Waals surface area contributed by atoms with Crippen molar-refractivity contribution in [1.29, 1.82) is 0 Å². The molecule has 0 aromatic heterocycles. The van der Waals surface area contributed by atoms with Gasteiger partial charge in [-0.05, 0) is 82.1 Å². The topological polar surface area (TPSA) is 34.1 Å². The lowest BCUT2D eigenvalue weighted by Gasteiger charge is -2.21. The van der Waals surface area contributed by atoms with Crippen LogP contribution in [0, 0.1) is 6.92 Å². The van der Waals surface area contributed by atoms with E-state index in [2.05, 4.69) is 55.5 Å². The Hall–Kier alpha value is -3.69. The van der Waals surface area contributed by atoms with Gasteiger partial charge in [-0.25, -0.2) is 8.42 Å². The van der Waals surface area contributed by atoms with E-state index in [0.29, 0.717) is 9.79 Å². The number of sulfone groups is 1. The normalized spacial score (nSPS) is 14.9. The summed E-state index contributed by atoms with van der Waals surface area (Å²) in [6.45, 7) is 2.14. The van der Waals surface area contributed by atoms with Gasteiger partial charge >= 0.3 is 0 Å². The van der Waals surface area contributed by atoms with Crippen LogP contribution in [0.25, 0.3) is 33.0 Å². The predicted octanol–water partition coefficient (Wildman–Crippen LogP) is 7.12. The Morgan fingerprint density at radius 3 is 2.12 bits per heavy atom. The summed E-state index contributed by atoms with van der Waals surface area (Å²) in [4.78, 5) is 0.818. The van der Waals surface area contributed by atoms with Crippen molar-refractivity contribution in [3.63, 3.8) is 0 Å². The first-order valence-corrected chi connectivity index (χ1v) is 13.1. The van der Waals surface area contributed by atoms with Crippen molar-refractivity contribution in [3.05, 3.63) is 119 Å². The van der Waals surface area contributed by atoms with Crippen LogP contribution in [-0.2, 0) is 22.7 Å². The molecule has 1 aliphatic carbocycles. The highest BCUT2D eigenvalue weighted by Gasteiger charge is 2.32. The molecule has 0 saturated heterocycles. The lowest BCUT2D eigenvalue weighted by molar-refractivity contribution is 0.598. The van der Waals surface area contributed by atoms with E-state index in [9.17, 15) is 8.42 Å². The molecule has 7 rings (SSSR count). The zero-order chi connectivity index (χ0) is 23.0. The first-order chi connectivity index (χ1) is 16.5. The quantitative estimate of drug-likeness (QED) is 0.262. The average molecular weight is 459 g/mol. The van der Waals surface area contributed by atoms with Crippen LogP contribution in [0.1, 0.15) is 27.8 Å². The van der Waals surface area contributed by atoms with Gasteiger partial charge in [0.25, 0.3) is 0 Å². The van der Waals surface area contributed by atoms with Crippen molar-refractivity contribution in [2.75, 3.05) is 0 Å². The van der Waals surface area contributed by atoms with E-state index in [1.165, 1.54) is 38.6 Å². The standard InChI is InChI=1S/C31H22O2S/c1-19-6-7-21-14-27-17-25-13-20(8-9-22(25)15-26(27)16-24(21)12-19)23-10-11-31-29(18-23)28-4-2-3-5-30(28)34(31,32)33/h2-14,16,18H,15,17H2,1H3. The second-order valence-electron chi connectivity index (χ2n) is 9.52. The van der Waals surface area contributed by atoms with E-state index in [1.54, 1.807) is 18.2 Å². The molecular weight excluding hydrogens is 436 g/mol.